The number of hydrogen-bond donors (Lipinski definition) is 0. The summed E-state index contributed by atoms with van der Waals surface area (Å²) in [5.74, 6) is 0. The van der Waals surface area contributed by atoms with E-state index in [1.54, 1.807) is 6.92 Å². The smallest absolute Gasteiger partial charge is 0.145 e. The van der Waals surface area contributed by atoms with Crippen LogP contribution in [0.1, 0.15) is 90.5 Å². The molecule has 1 aromatic rings. The molecule has 0 aliphatic carbocycles. The molecule has 1 rings (SSSR count). The van der Waals surface area contributed by atoms with Crippen LogP contribution in [0.2, 0.25) is 0 Å². The lowest BCUT2D eigenvalue weighted by Gasteiger charge is -2.19. The fraction of sp³-hybridized carbons (Fsp3) is 0.500. The van der Waals surface area contributed by atoms with Crippen LogP contribution in [0.3, 0.4) is 0 Å². The van der Waals surface area contributed by atoms with E-state index in [0.717, 1.165) is 18.4 Å². The molecule has 0 aliphatic rings. The van der Waals surface area contributed by atoms with Crippen molar-refractivity contribution in [3.8, 4) is 0 Å². The molecule has 0 saturated heterocycles. The first kappa shape index (κ1) is 27.7. The lowest BCUT2D eigenvalue weighted by atomic mass is 10.1. The molecule has 0 unspecified atom stereocenters. The van der Waals surface area contributed by atoms with Gasteiger partial charge in [0.25, 0.3) is 0 Å². The quantitative estimate of drug-likeness (QED) is 0.105. The molecule has 0 amide bonds. The highest BCUT2D eigenvalue weighted by atomic mass is 16.1. The summed E-state index contributed by atoms with van der Waals surface area (Å²) in [7, 11) is 2.19. The van der Waals surface area contributed by atoms with Crippen molar-refractivity contribution in [1.29, 1.82) is 0 Å². The van der Waals surface area contributed by atoms with Gasteiger partial charge in [0.1, 0.15) is 6.29 Å². The Hall–Kier alpha value is -2.35. The van der Waals surface area contributed by atoms with Gasteiger partial charge >= 0.3 is 0 Å². The average molecular weight is 436 g/mol. The first-order valence-electron chi connectivity index (χ1n) is 12.5. The summed E-state index contributed by atoms with van der Waals surface area (Å²) in [6.45, 7) is 7.28. The number of allylic oxidation sites excluding steroid dienone is 7. The fourth-order valence-corrected chi connectivity index (χ4v) is 3.54. The maximum atomic E-state index is 10.6. The standard InChI is InChI=1S/C30H45NO/c1-5-6-7-8-9-10-11-12-13-16-25-31(4)30-23-21-29(22-24-30)20-19-27(2)17-14-15-18-28(3)26-32/h14-15,17-24,26H,5-13,16,25H2,1-4H3/b15-14+,20-19+,27-17+,28-18-. The van der Waals surface area contributed by atoms with E-state index in [9.17, 15) is 4.79 Å². The van der Waals surface area contributed by atoms with Crippen LogP contribution in [-0.2, 0) is 4.79 Å². The van der Waals surface area contributed by atoms with Crippen LogP contribution in [0, 0.1) is 0 Å². The third-order valence-corrected chi connectivity index (χ3v) is 5.73. The van der Waals surface area contributed by atoms with E-state index in [1.807, 2.05) is 24.3 Å². The van der Waals surface area contributed by atoms with E-state index in [2.05, 4.69) is 62.2 Å². The number of unbranched alkanes of at least 4 members (excludes halogenated alkanes) is 9. The third kappa shape index (κ3) is 13.9. The van der Waals surface area contributed by atoms with Crippen LogP contribution in [-0.4, -0.2) is 19.9 Å². The van der Waals surface area contributed by atoms with Crippen molar-refractivity contribution in [2.45, 2.75) is 85.0 Å². The maximum absolute atomic E-state index is 10.6. The lowest BCUT2D eigenvalue weighted by molar-refractivity contribution is -0.104. The molecule has 0 radical (unpaired) electrons. The van der Waals surface area contributed by atoms with E-state index >= 15 is 0 Å². The molecular weight excluding hydrogens is 390 g/mol. The molecule has 32 heavy (non-hydrogen) atoms. The highest BCUT2D eigenvalue weighted by molar-refractivity contribution is 5.72. The number of hydrogen-bond acceptors (Lipinski definition) is 2. The average Bonchev–Trinajstić information content (AvgIpc) is 2.81. The van der Waals surface area contributed by atoms with Crippen LogP contribution in [0.5, 0.6) is 0 Å². The topological polar surface area (TPSA) is 20.3 Å². The predicted octanol–water partition coefficient (Wildman–Crippen LogP) is 8.70. The third-order valence-electron chi connectivity index (χ3n) is 5.73. The molecular formula is C30H45NO. The summed E-state index contributed by atoms with van der Waals surface area (Å²) in [4.78, 5) is 12.9. The van der Waals surface area contributed by atoms with Gasteiger partial charge in [0.2, 0.25) is 0 Å². The van der Waals surface area contributed by atoms with Crippen molar-refractivity contribution in [2.24, 2.45) is 0 Å². The molecule has 0 heterocycles. The van der Waals surface area contributed by atoms with E-state index in [1.165, 1.54) is 81.0 Å². The minimum atomic E-state index is 0.723. The molecule has 0 fully saturated rings. The van der Waals surface area contributed by atoms with E-state index in [-0.39, 0.29) is 0 Å². The van der Waals surface area contributed by atoms with Crippen molar-refractivity contribution in [2.75, 3.05) is 18.5 Å². The first-order valence-corrected chi connectivity index (χ1v) is 12.5. The second kappa shape index (κ2) is 18.2. The van der Waals surface area contributed by atoms with Gasteiger partial charge in [-0.3, -0.25) is 4.79 Å². The van der Waals surface area contributed by atoms with Crippen LogP contribution >= 0.6 is 0 Å². The van der Waals surface area contributed by atoms with Crippen molar-refractivity contribution >= 4 is 18.0 Å². The molecule has 0 aromatic heterocycles. The van der Waals surface area contributed by atoms with E-state index in [4.69, 9.17) is 0 Å². The highest BCUT2D eigenvalue weighted by Gasteiger charge is 2.00. The molecule has 0 atom stereocenters. The zero-order chi connectivity index (χ0) is 23.4. The fourth-order valence-electron chi connectivity index (χ4n) is 3.54. The van der Waals surface area contributed by atoms with Gasteiger partial charge in [0, 0.05) is 19.3 Å². The zero-order valence-electron chi connectivity index (χ0n) is 21.0. The predicted molar refractivity (Wildman–Crippen MR) is 143 cm³/mol. The summed E-state index contributed by atoms with van der Waals surface area (Å²) in [6.07, 6.45) is 26.6. The van der Waals surface area contributed by atoms with Crippen molar-refractivity contribution in [3.63, 3.8) is 0 Å². The Labute approximate surface area is 197 Å². The Kier molecular flexibility index (Phi) is 15.8. The SMILES string of the molecule is CCCCCCCCCCCCN(C)c1ccc(/C=C/C(C)=C/C=C/C=C(/C)C=O)cc1. The minimum Gasteiger partial charge on any atom is -0.375 e. The number of benzene rings is 1. The normalized spacial score (nSPS) is 12.8. The molecule has 2 nitrogen and oxygen atoms in total. The van der Waals surface area contributed by atoms with Gasteiger partial charge in [-0.05, 0) is 43.5 Å². The molecule has 0 saturated carbocycles. The van der Waals surface area contributed by atoms with Crippen molar-refractivity contribution in [1.82, 2.24) is 0 Å². The van der Waals surface area contributed by atoms with Gasteiger partial charge in [0.05, 0.1) is 0 Å². The van der Waals surface area contributed by atoms with Crippen LogP contribution in [0.4, 0.5) is 5.69 Å². The number of carbonyl (C=O) groups excluding carboxylic acids is 1. The molecule has 176 valence electrons. The minimum absolute atomic E-state index is 0.723. The molecule has 0 aliphatic heterocycles. The summed E-state index contributed by atoms with van der Waals surface area (Å²) in [6, 6.07) is 8.78. The van der Waals surface area contributed by atoms with Gasteiger partial charge in [-0.2, -0.15) is 0 Å². The largest absolute Gasteiger partial charge is 0.375 e. The van der Waals surface area contributed by atoms with E-state index in [0.29, 0.717) is 0 Å². The summed E-state index contributed by atoms with van der Waals surface area (Å²) in [5, 5.41) is 0. The van der Waals surface area contributed by atoms with Gasteiger partial charge in [0.15, 0.2) is 0 Å². The Bertz CT molecular complexity index is 737. The number of rotatable bonds is 17. The lowest BCUT2D eigenvalue weighted by Crippen LogP contribution is -2.18. The maximum Gasteiger partial charge on any atom is 0.145 e. The van der Waals surface area contributed by atoms with Crippen molar-refractivity contribution in [3.05, 3.63) is 71.4 Å². The molecule has 0 bridgehead atoms. The van der Waals surface area contributed by atoms with Crippen molar-refractivity contribution < 1.29 is 4.79 Å². The number of anilines is 1. The Balaban J connectivity index is 2.29. The zero-order valence-corrected chi connectivity index (χ0v) is 21.0. The monoisotopic (exact) mass is 435 g/mol. The van der Waals surface area contributed by atoms with Gasteiger partial charge < -0.3 is 4.90 Å². The van der Waals surface area contributed by atoms with Crippen LogP contribution < -0.4 is 4.90 Å². The molecule has 1 aromatic carbocycles. The van der Waals surface area contributed by atoms with E-state index < -0.39 is 0 Å². The summed E-state index contributed by atoms with van der Waals surface area (Å²) >= 11 is 0. The molecule has 2 heteroatoms. The first-order chi connectivity index (χ1) is 15.6. The number of nitrogens with zero attached hydrogens (tertiary/aromatic N) is 1. The van der Waals surface area contributed by atoms with Gasteiger partial charge in [-0.25, -0.2) is 0 Å². The Morgan fingerprint density at radius 3 is 1.88 bits per heavy atom. The molecule has 0 N–H and O–H groups in total. The second-order valence-electron chi connectivity index (χ2n) is 8.85. The number of carbonyl (C=O) groups is 1. The highest BCUT2D eigenvalue weighted by Crippen LogP contribution is 2.17. The van der Waals surface area contributed by atoms with Crippen LogP contribution in [0.25, 0.3) is 6.08 Å². The molecule has 0 spiro atoms. The van der Waals surface area contributed by atoms with Gasteiger partial charge in [-0.15, -0.1) is 0 Å². The number of aldehydes is 1. The van der Waals surface area contributed by atoms with Gasteiger partial charge in [-0.1, -0.05) is 119 Å². The Morgan fingerprint density at radius 1 is 0.781 bits per heavy atom. The second-order valence-corrected chi connectivity index (χ2v) is 8.85. The van der Waals surface area contributed by atoms with Crippen LogP contribution in [0.15, 0.2) is 65.8 Å². The summed E-state index contributed by atoms with van der Waals surface area (Å²) in [5.41, 5.74) is 4.38. The Morgan fingerprint density at radius 2 is 1.31 bits per heavy atom. The summed E-state index contributed by atoms with van der Waals surface area (Å²) < 4.78 is 0.